The van der Waals surface area contributed by atoms with Crippen LogP contribution in [-0.4, -0.2) is 17.7 Å². The summed E-state index contributed by atoms with van der Waals surface area (Å²) < 4.78 is 27.4. The zero-order valence-corrected chi connectivity index (χ0v) is 15.4. The predicted molar refractivity (Wildman–Crippen MR) is 95.2 cm³/mol. The second-order valence-electron chi connectivity index (χ2n) is 6.54. The standard InChI is InChI=1S/C19H24N2O2S/c1-4-5-6-19-18-13-21(12-16(18)11-15(3)20-19)24(22,23)17-9-7-14(2)8-10-17/h7-11H,4-6,12-13H2,1-3H3. The number of hydrogen-bond donors (Lipinski definition) is 0. The third-order valence-corrected chi connectivity index (χ3v) is 6.34. The lowest BCUT2D eigenvalue weighted by Gasteiger charge is -2.16. The molecule has 24 heavy (non-hydrogen) atoms. The molecule has 0 atom stereocenters. The van der Waals surface area contributed by atoms with Gasteiger partial charge < -0.3 is 0 Å². The molecule has 1 aromatic heterocycles. The molecule has 0 fully saturated rings. The van der Waals surface area contributed by atoms with Gasteiger partial charge in [-0.3, -0.25) is 4.98 Å². The molecule has 2 aromatic rings. The molecule has 0 saturated carbocycles. The third-order valence-electron chi connectivity index (χ3n) is 4.54. The van der Waals surface area contributed by atoms with Gasteiger partial charge in [0, 0.05) is 24.5 Å². The first-order chi connectivity index (χ1) is 11.4. The quantitative estimate of drug-likeness (QED) is 0.830. The maximum absolute atomic E-state index is 12.9. The van der Waals surface area contributed by atoms with Crippen LogP contribution in [0.3, 0.4) is 0 Å². The molecular formula is C19H24N2O2S. The highest BCUT2D eigenvalue weighted by Gasteiger charge is 2.32. The monoisotopic (exact) mass is 344 g/mol. The van der Waals surface area contributed by atoms with E-state index in [1.807, 2.05) is 32.0 Å². The van der Waals surface area contributed by atoms with E-state index in [9.17, 15) is 8.42 Å². The van der Waals surface area contributed by atoms with E-state index >= 15 is 0 Å². The first-order valence-electron chi connectivity index (χ1n) is 8.47. The molecule has 0 N–H and O–H groups in total. The number of hydrogen-bond acceptors (Lipinski definition) is 3. The number of fused-ring (bicyclic) bond motifs is 1. The molecule has 1 aliphatic heterocycles. The van der Waals surface area contributed by atoms with Crippen molar-refractivity contribution in [2.75, 3.05) is 0 Å². The van der Waals surface area contributed by atoms with Crippen molar-refractivity contribution < 1.29 is 8.42 Å². The smallest absolute Gasteiger partial charge is 0.243 e. The van der Waals surface area contributed by atoms with Crippen LogP contribution >= 0.6 is 0 Å². The molecule has 0 spiro atoms. The molecule has 0 unspecified atom stereocenters. The minimum Gasteiger partial charge on any atom is -0.258 e. The number of unbranched alkanes of at least 4 members (excludes halogenated alkanes) is 1. The van der Waals surface area contributed by atoms with Gasteiger partial charge in [-0.2, -0.15) is 4.31 Å². The highest BCUT2D eigenvalue weighted by atomic mass is 32.2. The summed E-state index contributed by atoms with van der Waals surface area (Å²) in [6, 6.07) is 9.09. The first-order valence-corrected chi connectivity index (χ1v) is 9.91. The fourth-order valence-corrected chi connectivity index (χ4v) is 4.56. The predicted octanol–water partition coefficient (Wildman–Crippen LogP) is 3.75. The van der Waals surface area contributed by atoms with Crippen molar-refractivity contribution in [2.24, 2.45) is 0 Å². The number of sulfonamides is 1. The molecule has 3 rings (SSSR count). The second-order valence-corrected chi connectivity index (χ2v) is 8.48. The van der Waals surface area contributed by atoms with Gasteiger partial charge in [0.15, 0.2) is 0 Å². The average Bonchev–Trinajstić information content (AvgIpc) is 2.97. The minimum absolute atomic E-state index is 0.362. The Morgan fingerprint density at radius 3 is 2.50 bits per heavy atom. The third kappa shape index (κ3) is 3.23. The minimum atomic E-state index is -3.47. The Hall–Kier alpha value is -1.72. The average molecular weight is 344 g/mol. The molecule has 0 radical (unpaired) electrons. The Balaban J connectivity index is 1.92. The zero-order valence-electron chi connectivity index (χ0n) is 14.5. The maximum Gasteiger partial charge on any atom is 0.243 e. The molecule has 0 amide bonds. The van der Waals surface area contributed by atoms with Gasteiger partial charge >= 0.3 is 0 Å². The van der Waals surface area contributed by atoms with Crippen molar-refractivity contribution in [1.29, 1.82) is 0 Å². The number of aromatic nitrogens is 1. The van der Waals surface area contributed by atoms with E-state index < -0.39 is 10.0 Å². The molecule has 2 heterocycles. The lowest BCUT2D eigenvalue weighted by Crippen LogP contribution is -2.25. The molecule has 0 bridgehead atoms. The highest BCUT2D eigenvalue weighted by molar-refractivity contribution is 7.89. The van der Waals surface area contributed by atoms with E-state index in [0.717, 1.165) is 47.3 Å². The van der Waals surface area contributed by atoms with Gasteiger partial charge in [0.1, 0.15) is 0 Å². The van der Waals surface area contributed by atoms with Crippen LogP contribution in [0.15, 0.2) is 35.2 Å². The normalized spacial score (nSPS) is 14.8. The van der Waals surface area contributed by atoms with Gasteiger partial charge in [0.25, 0.3) is 0 Å². The van der Waals surface area contributed by atoms with Crippen LogP contribution in [0.5, 0.6) is 0 Å². The van der Waals surface area contributed by atoms with Crippen LogP contribution in [0.1, 0.15) is 47.8 Å². The fourth-order valence-electron chi connectivity index (χ4n) is 3.17. The zero-order chi connectivity index (χ0) is 17.3. The fraction of sp³-hybridized carbons (Fsp3) is 0.421. The van der Waals surface area contributed by atoms with Crippen LogP contribution in [0.25, 0.3) is 0 Å². The molecule has 0 saturated heterocycles. The number of nitrogens with zero attached hydrogens (tertiary/aromatic N) is 2. The Kier molecular flexibility index (Phi) is 4.74. The van der Waals surface area contributed by atoms with Gasteiger partial charge in [-0.25, -0.2) is 8.42 Å². The molecule has 1 aliphatic rings. The van der Waals surface area contributed by atoms with Crippen molar-refractivity contribution >= 4 is 10.0 Å². The summed E-state index contributed by atoms with van der Waals surface area (Å²) in [5.74, 6) is 0. The number of benzene rings is 1. The van der Waals surface area contributed by atoms with E-state index in [0.29, 0.717) is 18.0 Å². The summed E-state index contributed by atoms with van der Waals surface area (Å²) in [4.78, 5) is 5.02. The van der Waals surface area contributed by atoms with E-state index in [4.69, 9.17) is 0 Å². The van der Waals surface area contributed by atoms with E-state index in [2.05, 4.69) is 11.9 Å². The number of aryl methyl sites for hydroxylation is 3. The first kappa shape index (κ1) is 17.1. The highest BCUT2D eigenvalue weighted by Crippen LogP contribution is 2.31. The summed E-state index contributed by atoms with van der Waals surface area (Å²) in [5.41, 5.74) is 5.29. The van der Waals surface area contributed by atoms with Crippen molar-refractivity contribution in [3.05, 3.63) is 58.4 Å². The van der Waals surface area contributed by atoms with Crippen LogP contribution in [0.2, 0.25) is 0 Å². The molecule has 0 aliphatic carbocycles. The summed E-state index contributed by atoms with van der Waals surface area (Å²) in [6.45, 7) is 6.96. The summed E-state index contributed by atoms with van der Waals surface area (Å²) in [7, 11) is -3.47. The largest absolute Gasteiger partial charge is 0.258 e. The van der Waals surface area contributed by atoms with E-state index in [1.165, 1.54) is 0 Å². The van der Waals surface area contributed by atoms with Gasteiger partial charge in [0.05, 0.1) is 4.90 Å². The lowest BCUT2D eigenvalue weighted by atomic mass is 10.0. The lowest BCUT2D eigenvalue weighted by molar-refractivity contribution is 0.431. The van der Waals surface area contributed by atoms with Crippen molar-refractivity contribution in [3.63, 3.8) is 0 Å². The van der Waals surface area contributed by atoms with Gasteiger partial charge in [0.2, 0.25) is 10.0 Å². The van der Waals surface area contributed by atoms with E-state index in [-0.39, 0.29) is 0 Å². The van der Waals surface area contributed by atoms with Gasteiger partial charge in [-0.1, -0.05) is 31.0 Å². The van der Waals surface area contributed by atoms with Gasteiger partial charge in [-0.05, 0) is 56.0 Å². The van der Waals surface area contributed by atoms with Crippen LogP contribution in [-0.2, 0) is 29.5 Å². The van der Waals surface area contributed by atoms with Crippen LogP contribution in [0.4, 0.5) is 0 Å². The van der Waals surface area contributed by atoms with Gasteiger partial charge in [-0.15, -0.1) is 0 Å². The number of rotatable bonds is 5. The van der Waals surface area contributed by atoms with Crippen LogP contribution < -0.4 is 0 Å². The molecular weight excluding hydrogens is 320 g/mol. The second kappa shape index (κ2) is 6.65. The molecule has 5 heteroatoms. The van der Waals surface area contributed by atoms with Crippen molar-refractivity contribution in [2.45, 2.75) is 58.0 Å². The topological polar surface area (TPSA) is 50.3 Å². The summed E-state index contributed by atoms with van der Waals surface area (Å²) in [6.07, 6.45) is 3.10. The Morgan fingerprint density at radius 2 is 1.83 bits per heavy atom. The summed E-state index contributed by atoms with van der Waals surface area (Å²) in [5, 5.41) is 0. The molecule has 4 nitrogen and oxygen atoms in total. The molecule has 1 aromatic carbocycles. The Bertz CT molecular complexity index is 842. The van der Waals surface area contributed by atoms with E-state index in [1.54, 1.807) is 16.4 Å². The maximum atomic E-state index is 12.9. The molecule has 128 valence electrons. The summed E-state index contributed by atoms with van der Waals surface area (Å²) >= 11 is 0. The SMILES string of the molecule is CCCCc1nc(C)cc2c1CN(S(=O)(=O)c1ccc(C)cc1)C2. The van der Waals surface area contributed by atoms with Crippen LogP contribution in [0, 0.1) is 13.8 Å². The number of pyridine rings is 1. The Labute approximate surface area is 144 Å². The Morgan fingerprint density at radius 1 is 1.12 bits per heavy atom. The van der Waals surface area contributed by atoms with Crippen molar-refractivity contribution in [1.82, 2.24) is 9.29 Å². The van der Waals surface area contributed by atoms with Crippen molar-refractivity contribution in [3.8, 4) is 0 Å².